The fourth-order valence-electron chi connectivity index (χ4n) is 2.83. The van der Waals surface area contributed by atoms with Gasteiger partial charge in [-0.05, 0) is 36.2 Å². The highest BCUT2D eigenvalue weighted by Gasteiger charge is 2.08. The molecule has 0 unspecified atom stereocenters. The summed E-state index contributed by atoms with van der Waals surface area (Å²) in [5.41, 5.74) is 1.93. The molecule has 2 heterocycles. The van der Waals surface area contributed by atoms with Gasteiger partial charge in [-0.25, -0.2) is 14.4 Å². The molecule has 1 N–H and O–H groups in total. The predicted molar refractivity (Wildman–Crippen MR) is 120 cm³/mol. The molecule has 0 spiro atoms. The van der Waals surface area contributed by atoms with E-state index in [1.807, 2.05) is 54.0 Å². The number of aliphatic imine (C=N–C) groups is 1. The number of pyridine rings is 1. The average Bonchev–Trinajstić information content (AvgIpc) is 3.09. The van der Waals surface area contributed by atoms with Crippen LogP contribution in [0, 0.1) is 12.7 Å². The van der Waals surface area contributed by atoms with E-state index in [2.05, 4.69) is 20.3 Å². The van der Waals surface area contributed by atoms with Gasteiger partial charge >= 0.3 is 0 Å². The lowest BCUT2D eigenvalue weighted by Crippen LogP contribution is -2.38. The number of nitrogens with one attached hydrogen (secondary N) is 1. The topological polar surface area (TPSA) is 58.3 Å². The molecule has 0 atom stereocenters. The number of benzene rings is 1. The standard InChI is InChI=1S/C20H23FN6.HI/c1-15-23-9-10-27(15)19-8-7-17(12-24-19)13-25-20(22-2)26(3)14-16-5-4-6-18(21)11-16;/h4-12H,13-14H2,1-3H3,(H,22,25);1H. The number of hydrogen-bond donors (Lipinski definition) is 1. The van der Waals surface area contributed by atoms with Crippen molar-refractivity contribution in [2.75, 3.05) is 14.1 Å². The molecule has 8 heteroatoms. The minimum atomic E-state index is -0.233. The molecule has 3 rings (SSSR count). The Labute approximate surface area is 181 Å². The molecule has 0 radical (unpaired) electrons. The van der Waals surface area contributed by atoms with Crippen LogP contribution in [0.2, 0.25) is 0 Å². The first-order valence-electron chi connectivity index (χ1n) is 8.68. The van der Waals surface area contributed by atoms with Crippen LogP contribution in [0.4, 0.5) is 4.39 Å². The molecule has 0 amide bonds. The van der Waals surface area contributed by atoms with Crippen LogP contribution in [0.25, 0.3) is 5.82 Å². The van der Waals surface area contributed by atoms with Crippen molar-refractivity contribution in [1.29, 1.82) is 0 Å². The number of imidazole rings is 1. The minimum Gasteiger partial charge on any atom is -0.352 e. The fourth-order valence-corrected chi connectivity index (χ4v) is 2.83. The highest BCUT2D eigenvalue weighted by atomic mass is 127. The first kappa shape index (κ1) is 21.8. The van der Waals surface area contributed by atoms with Gasteiger partial charge in [0.05, 0.1) is 0 Å². The van der Waals surface area contributed by atoms with Crippen molar-refractivity contribution in [2.24, 2.45) is 4.99 Å². The Hall–Kier alpha value is -2.49. The Morgan fingerprint density at radius 2 is 2.04 bits per heavy atom. The molecular weight excluding hydrogens is 470 g/mol. The van der Waals surface area contributed by atoms with E-state index < -0.39 is 0 Å². The Bertz CT molecular complexity index is 922. The second kappa shape index (κ2) is 10.2. The number of hydrogen-bond acceptors (Lipinski definition) is 3. The Balaban J connectivity index is 0.00000280. The molecule has 0 saturated carbocycles. The SMILES string of the molecule is CN=C(NCc1ccc(-n2ccnc2C)nc1)N(C)Cc1cccc(F)c1.I. The molecule has 0 aliphatic rings. The highest BCUT2D eigenvalue weighted by Crippen LogP contribution is 2.09. The van der Waals surface area contributed by atoms with Crippen LogP contribution in [0.5, 0.6) is 0 Å². The van der Waals surface area contributed by atoms with Crippen LogP contribution in [-0.4, -0.2) is 39.5 Å². The van der Waals surface area contributed by atoms with E-state index in [0.29, 0.717) is 13.1 Å². The molecule has 0 aliphatic heterocycles. The Kier molecular flexibility index (Phi) is 7.91. The van der Waals surface area contributed by atoms with Crippen molar-refractivity contribution >= 4 is 29.9 Å². The number of guanidine groups is 1. The van der Waals surface area contributed by atoms with Crippen molar-refractivity contribution in [2.45, 2.75) is 20.0 Å². The van der Waals surface area contributed by atoms with Crippen molar-refractivity contribution < 1.29 is 4.39 Å². The molecule has 3 aromatic rings. The van der Waals surface area contributed by atoms with E-state index in [1.165, 1.54) is 12.1 Å². The van der Waals surface area contributed by atoms with Crippen molar-refractivity contribution in [1.82, 2.24) is 24.8 Å². The second-order valence-electron chi connectivity index (χ2n) is 6.26. The maximum absolute atomic E-state index is 13.4. The number of halogens is 2. The molecule has 148 valence electrons. The summed E-state index contributed by atoms with van der Waals surface area (Å²) >= 11 is 0. The summed E-state index contributed by atoms with van der Waals surface area (Å²) in [5, 5.41) is 3.31. The maximum atomic E-state index is 13.4. The first-order valence-corrected chi connectivity index (χ1v) is 8.68. The van der Waals surface area contributed by atoms with Gasteiger partial charge in [-0.1, -0.05) is 18.2 Å². The summed E-state index contributed by atoms with van der Waals surface area (Å²) in [6, 6.07) is 10.6. The Morgan fingerprint density at radius 3 is 2.64 bits per heavy atom. The van der Waals surface area contributed by atoms with E-state index >= 15 is 0 Å². The summed E-state index contributed by atoms with van der Waals surface area (Å²) in [6.07, 6.45) is 5.48. The molecular formula is C20H24FIN6. The van der Waals surface area contributed by atoms with Gasteiger partial charge in [0.15, 0.2) is 5.96 Å². The van der Waals surface area contributed by atoms with Gasteiger partial charge in [-0.3, -0.25) is 9.56 Å². The molecule has 2 aromatic heterocycles. The lowest BCUT2D eigenvalue weighted by molar-refractivity contribution is 0.474. The van der Waals surface area contributed by atoms with Gasteiger partial charge in [0, 0.05) is 45.8 Å². The quantitative estimate of drug-likeness (QED) is 0.335. The number of nitrogens with zero attached hydrogens (tertiary/aromatic N) is 5. The summed E-state index contributed by atoms with van der Waals surface area (Å²) in [7, 11) is 3.65. The number of rotatable bonds is 5. The monoisotopic (exact) mass is 494 g/mol. The van der Waals surface area contributed by atoms with E-state index in [9.17, 15) is 4.39 Å². The zero-order valence-electron chi connectivity index (χ0n) is 16.1. The minimum absolute atomic E-state index is 0. The largest absolute Gasteiger partial charge is 0.352 e. The second-order valence-corrected chi connectivity index (χ2v) is 6.26. The zero-order chi connectivity index (χ0) is 19.2. The van der Waals surface area contributed by atoms with Crippen LogP contribution in [-0.2, 0) is 13.1 Å². The molecule has 0 bridgehead atoms. The van der Waals surface area contributed by atoms with Crippen molar-refractivity contribution in [3.63, 3.8) is 0 Å². The van der Waals surface area contributed by atoms with Crippen LogP contribution >= 0.6 is 24.0 Å². The summed E-state index contributed by atoms with van der Waals surface area (Å²) < 4.78 is 15.3. The molecule has 6 nitrogen and oxygen atoms in total. The highest BCUT2D eigenvalue weighted by molar-refractivity contribution is 14.0. The number of aromatic nitrogens is 3. The van der Waals surface area contributed by atoms with Crippen molar-refractivity contribution in [3.8, 4) is 5.82 Å². The Morgan fingerprint density at radius 1 is 1.21 bits per heavy atom. The molecule has 0 aliphatic carbocycles. The van der Waals surface area contributed by atoms with E-state index in [1.54, 1.807) is 19.3 Å². The number of aryl methyl sites for hydroxylation is 1. The third kappa shape index (κ3) is 5.51. The van der Waals surface area contributed by atoms with E-state index in [4.69, 9.17) is 0 Å². The van der Waals surface area contributed by atoms with Crippen molar-refractivity contribution in [3.05, 3.63) is 77.8 Å². The lowest BCUT2D eigenvalue weighted by atomic mass is 10.2. The van der Waals surface area contributed by atoms with Crippen LogP contribution in [0.3, 0.4) is 0 Å². The molecule has 0 saturated heterocycles. The van der Waals surface area contributed by atoms with Gasteiger partial charge in [0.25, 0.3) is 0 Å². The fraction of sp³-hybridized carbons (Fsp3) is 0.250. The lowest BCUT2D eigenvalue weighted by Gasteiger charge is -2.22. The molecule has 28 heavy (non-hydrogen) atoms. The van der Waals surface area contributed by atoms with Crippen LogP contribution in [0.15, 0.2) is 60.0 Å². The van der Waals surface area contributed by atoms with Gasteiger partial charge < -0.3 is 10.2 Å². The zero-order valence-corrected chi connectivity index (χ0v) is 18.5. The normalized spacial score (nSPS) is 11.1. The molecule has 1 aromatic carbocycles. The van der Waals surface area contributed by atoms with Gasteiger partial charge in [0.2, 0.25) is 0 Å². The van der Waals surface area contributed by atoms with Gasteiger partial charge in [-0.15, -0.1) is 24.0 Å². The third-order valence-electron chi connectivity index (χ3n) is 4.21. The van der Waals surface area contributed by atoms with Gasteiger partial charge in [0.1, 0.15) is 17.5 Å². The average molecular weight is 494 g/mol. The van der Waals surface area contributed by atoms with Gasteiger partial charge in [-0.2, -0.15) is 0 Å². The molecule has 0 fully saturated rings. The summed E-state index contributed by atoms with van der Waals surface area (Å²) in [5.74, 6) is 2.23. The smallest absolute Gasteiger partial charge is 0.193 e. The first-order chi connectivity index (χ1) is 13.1. The van der Waals surface area contributed by atoms with Crippen LogP contribution in [0.1, 0.15) is 17.0 Å². The maximum Gasteiger partial charge on any atom is 0.193 e. The van der Waals surface area contributed by atoms with E-state index in [-0.39, 0.29) is 29.8 Å². The summed E-state index contributed by atoms with van der Waals surface area (Å²) in [4.78, 5) is 15.0. The summed E-state index contributed by atoms with van der Waals surface area (Å²) in [6.45, 7) is 3.10. The predicted octanol–water partition coefficient (Wildman–Crippen LogP) is 3.54. The third-order valence-corrected chi connectivity index (χ3v) is 4.21. The van der Waals surface area contributed by atoms with E-state index in [0.717, 1.165) is 28.7 Å². The van der Waals surface area contributed by atoms with Crippen LogP contribution < -0.4 is 5.32 Å².